The van der Waals surface area contributed by atoms with Gasteiger partial charge in [0.25, 0.3) is 0 Å². The fraction of sp³-hybridized carbons (Fsp3) is 0.316. The first kappa shape index (κ1) is 19.3. The maximum atomic E-state index is 11.0. The third-order valence-electron chi connectivity index (χ3n) is 3.59. The van der Waals surface area contributed by atoms with Gasteiger partial charge in [-0.05, 0) is 23.3 Å². The Kier molecular flexibility index (Phi) is 7.31. The molecule has 0 fully saturated rings. The molecule has 6 heteroatoms. The van der Waals surface area contributed by atoms with E-state index in [-0.39, 0.29) is 10.9 Å². The second kappa shape index (κ2) is 9.46. The molecular formula is C19H22O5S. The Morgan fingerprint density at radius 2 is 1.84 bits per heavy atom. The quantitative estimate of drug-likeness (QED) is 0.752. The Morgan fingerprint density at radius 1 is 1.12 bits per heavy atom. The molecule has 0 radical (unpaired) electrons. The zero-order chi connectivity index (χ0) is 18.2. The van der Waals surface area contributed by atoms with Crippen LogP contribution in [-0.4, -0.2) is 34.3 Å². The summed E-state index contributed by atoms with van der Waals surface area (Å²) in [4.78, 5) is 11.0. The maximum absolute atomic E-state index is 11.0. The van der Waals surface area contributed by atoms with Crippen LogP contribution >= 0.6 is 11.8 Å². The zero-order valence-electron chi connectivity index (χ0n) is 14.2. The topological polar surface area (TPSA) is 76.0 Å². The summed E-state index contributed by atoms with van der Waals surface area (Å²) in [5.41, 5.74) is 1.53. The van der Waals surface area contributed by atoms with E-state index >= 15 is 0 Å². The molecule has 2 N–H and O–H groups in total. The van der Waals surface area contributed by atoms with Gasteiger partial charge in [-0.1, -0.05) is 48.2 Å². The van der Waals surface area contributed by atoms with Crippen molar-refractivity contribution in [2.24, 2.45) is 0 Å². The third kappa shape index (κ3) is 5.77. The molecule has 25 heavy (non-hydrogen) atoms. The molecule has 2 unspecified atom stereocenters. The molecule has 2 aromatic carbocycles. The van der Waals surface area contributed by atoms with Crippen LogP contribution in [0.5, 0.6) is 11.5 Å². The Bertz CT molecular complexity index is 689. The van der Waals surface area contributed by atoms with Gasteiger partial charge in [-0.2, -0.15) is 0 Å². The summed E-state index contributed by atoms with van der Waals surface area (Å²) >= 11 is 0.976. The predicted molar refractivity (Wildman–Crippen MR) is 97.9 cm³/mol. The second-order valence-corrected chi connectivity index (χ2v) is 6.70. The number of hydrogen-bond acceptors (Lipinski definition) is 6. The van der Waals surface area contributed by atoms with Crippen molar-refractivity contribution >= 4 is 16.9 Å². The molecule has 0 heterocycles. The van der Waals surface area contributed by atoms with E-state index in [0.717, 1.165) is 17.3 Å². The van der Waals surface area contributed by atoms with Gasteiger partial charge in [-0.25, -0.2) is 0 Å². The van der Waals surface area contributed by atoms with Crippen LogP contribution in [0.4, 0.5) is 0 Å². The molecule has 0 aliphatic rings. The van der Waals surface area contributed by atoms with Crippen molar-refractivity contribution < 1.29 is 24.5 Å². The fourth-order valence-electron chi connectivity index (χ4n) is 2.24. The van der Waals surface area contributed by atoms with Crippen LogP contribution in [0.3, 0.4) is 0 Å². The van der Waals surface area contributed by atoms with Crippen LogP contribution in [0, 0.1) is 0 Å². The standard InChI is InChI=1S/C19H22O5S/c1-13(20)25-12-16(21)19(22)15-8-9-17(18(10-15)23-2)24-11-14-6-4-3-5-7-14/h3-10,16,19,21-22H,11-12H2,1-2H3. The molecule has 5 nitrogen and oxygen atoms in total. The van der Waals surface area contributed by atoms with E-state index in [9.17, 15) is 15.0 Å². The Labute approximate surface area is 151 Å². The molecule has 0 saturated carbocycles. The lowest BCUT2D eigenvalue weighted by atomic mass is 10.0. The van der Waals surface area contributed by atoms with Crippen LogP contribution in [0.2, 0.25) is 0 Å². The highest BCUT2D eigenvalue weighted by Crippen LogP contribution is 2.32. The van der Waals surface area contributed by atoms with Crippen LogP contribution in [0.1, 0.15) is 24.2 Å². The van der Waals surface area contributed by atoms with Gasteiger partial charge >= 0.3 is 0 Å². The number of aliphatic hydroxyl groups is 2. The number of thioether (sulfide) groups is 1. The molecule has 0 bridgehead atoms. The van der Waals surface area contributed by atoms with Gasteiger partial charge in [-0.15, -0.1) is 0 Å². The summed E-state index contributed by atoms with van der Waals surface area (Å²) in [6, 6.07) is 14.8. The van der Waals surface area contributed by atoms with Gasteiger partial charge in [0.15, 0.2) is 16.6 Å². The van der Waals surface area contributed by atoms with Crippen molar-refractivity contribution in [1.82, 2.24) is 0 Å². The summed E-state index contributed by atoms with van der Waals surface area (Å²) in [6.07, 6.45) is -2.15. The maximum Gasteiger partial charge on any atom is 0.185 e. The van der Waals surface area contributed by atoms with Gasteiger partial charge in [0.1, 0.15) is 12.7 Å². The van der Waals surface area contributed by atoms with E-state index < -0.39 is 12.2 Å². The molecule has 0 aliphatic heterocycles. The number of hydrogen-bond donors (Lipinski definition) is 2. The van der Waals surface area contributed by atoms with Gasteiger partial charge < -0.3 is 19.7 Å². The van der Waals surface area contributed by atoms with E-state index in [2.05, 4.69) is 0 Å². The molecule has 134 valence electrons. The number of carbonyl (C=O) groups is 1. The smallest absolute Gasteiger partial charge is 0.185 e. The van der Waals surface area contributed by atoms with Crippen molar-refractivity contribution in [3.8, 4) is 11.5 Å². The minimum atomic E-state index is -1.11. The molecule has 2 rings (SSSR count). The lowest BCUT2D eigenvalue weighted by Crippen LogP contribution is -2.21. The van der Waals surface area contributed by atoms with Crippen LogP contribution in [0.15, 0.2) is 48.5 Å². The number of methoxy groups -OCH3 is 1. The Balaban J connectivity index is 2.06. The van der Waals surface area contributed by atoms with Crippen molar-refractivity contribution in [3.63, 3.8) is 0 Å². The zero-order valence-corrected chi connectivity index (χ0v) is 15.0. The summed E-state index contributed by atoms with van der Waals surface area (Å²) in [5.74, 6) is 1.15. The molecule has 2 atom stereocenters. The summed E-state index contributed by atoms with van der Waals surface area (Å²) < 4.78 is 11.1. The average molecular weight is 362 g/mol. The highest BCUT2D eigenvalue weighted by atomic mass is 32.2. The van der Waals surface area contributed by atoms with Gasteiger partial charge in [0.2, 0.25) is 0 Å². The number of benzene rings is 2. The monoisotopic (exact) mass is 362 g/mol. The minimum absolute atomic E-state index is 0.103. The van der Waals surface area contributed by atoms with Crippen LogP contribution < -0.4 is 9.47 Å². The molecule has 0 spiro atoms. The summed E-state index contributed by atoms with van der Waals surface area (Å²) in [7, 11) is 1.52. The molecule has 0 saturated heterocycles. The first-order chi connectivity index (χ1) is 12.0. The first-order valence-corrected chi connectivity index (χ1v) is 8.84. The van der Waals surface area contributed by atoms with Crippen LogP contribution in [0.25, 0.3) is 0 Å². The summed E-state index contributed by atoms with van der Waals surface area (Å²) in [5, 5.41) is 20.2. The van der Waals surface area contributed by atoms with Gasteiger partial charge in [0.05, 0.1) is 13.2 Å². The lowest BCUT2D eigenvalue weighted by Gasteiger charge is -2.19. The SMILES string of the molecule is COc1cc(C(O)C(O)CSC(C)=O)ccc1OCc1ccccc1. The largest absolute Gasteiger partial charge is 0.493 e. The van der Waals surface area contributed by atoms with Gasteiger partial charge in [-0.3, -0.25) is 4.79 Å². The highest BCUT2D eigenvalue weighted by Gasteiger charge is 2.20. The molecule has 0 aliphatic carbocycles. The van der Waals surface area contributed by atoms with Crippen molar-refractivity contribution in [2.45, 2.75) is 25.7 Å². The van der Waals surface area contributed by atoms with Crippen LogP contribution in [-0.2, 0) is 11.4 Å². The second-order valence-electron chi connectivity index (χ2n) is 5.50. The Hall–Kier alpha value is -2.02. The van der Waals surface area contributed by atoms with Crippen molar-refractivity contribution in [3.05, 3.63) is 59.7 Å². The van der Waals surface area contributed by atoms with E-state index in [1.807, 2.05) is 30.3 Å². The first-order valence-electron chi connectivity index (χ1n) is 7.85. The number of ether oxygens (including phenoxy) is 2. The predicted octanol–water partition coefficient (Wildman–Crippen LogP) is 2.95. The Morgan fingerprint density at radius 3 is 2.48 bits per heavy atom. The summed E-state index contributed by atoms with van der Waals surface area (Å²) in [6.45, 7) is 1.82. The molecule has 0 amide bonds. The van der Waals surface area contributed by atoms with E-state index in [4.69, 9.17) is 9.47 Å². The molecular weight excluding hydrogens is 340 g/mol. The number of carbonyl (C=O) groups excluding carboxylic acids is 1. The third-order valence-corrected chi connectivity index (χ3v) is 4.50. The normalized spacial score (nSPS) is 13.1. The van der Waals surface area contributed by atoms with Crippen molar-refractivity contribution in [2.75, 3.05) is 12.9 Å². The average Bonchev–Trinajstić information content (AvgIpc) is 2.64. The number of rotatable bonds is 8. The molecule has 2 aromatic rings. The highest BCUT2D eigenvalue weighted by molar-refractivity contribution is 8.13. The van der Waals surface area contributed by atoms with Crippen molar-refractivity contribution in [1.29, 1.82) is 0 Å². The lowest BCUT2D eigenvalue weighted by molar-refractivity contribution is -0.109. The van der Waals surface area contributed by atoms with Gasteiger partial charge in [0, 0.05) is 12.7 Å². The van der Waals surface area contributed by atoms with E-state index in [1.165, 1.54) is 14.0 Å². The number of aliphatic hydroxyl groups excluding tert-OH is 2. The van der Waals surface area contributed by atoms with E-state index in [0.29, 0.717) is 23.7 Å². The minimum Gasteiger partial charge on any atom is -0.493 e. The molecule has 0 aromatic heterocycles. The fourth-order valence-corrected chi connectivity index (χ4v) is 2.83. The van der Waals surface area contributed by atoms with E-state index in [1.54, 1.807) is 18.2 Å².